The fraction of sp³-hybridized carbons (Fsp3) is 0.200. The smallest absolute Gasteiger partial charge is 0.0541 e. The van der Waals surface area contributed by atoms with Crippen LogP contribution in [0.5, 0.6) is 0 Å². The van der Waals surface area contributed by atoms with Gasteiger partial charge in [-0.05, 0) is 124 Å². The number of fused-ring (bicyclic) bond motifs is 3. The zero-order valence-corrected chi connectivity index (χ0v) is 31.5. The van der Waals surface area contributed by atoms with E-state index in [-0.39, 0.29) is 10.8 Å². The average Bonchev–Trinajstić information content (AvgIpc) is 3.60. The SMILES string of the molecule is Cc1ccc(-n2c(C3=CC=CCC=C3)ccc2-c2ccccc2)cc1-c1ccc(-n2c3ccc(C(C)(C)C)cc3c3cc(C(C)(C)C)ccc32)cc1. The normalized spacial score (nSPS) is 13.6. The summed E-state index contributed by atoms with van der Waals surface area (Å²) >= 11 is 0. The van der Waals surface area contributed by atoms with Crippen LogP contribution in [0.4, 0.5) is 0 Å². The van der Waals surface area contributed by atoms with E-state index in [0.717, 1.165) is 12.1 Å². The highest BCUT2D eigenvalue weighted by Gasteiger charge is 2.21. The lowest BCUT2D eigenvalue weighted by molar-refractivity contribution is 0.590. The van der Waals surface area contributed by atoms with E-state index in [9.17, 15) is 0 Å². The van der Waals surface area contributed by atoms with E-state index < -0.39 is 0 Å². The number of aromatic nitrogens is 2. The van der Waals surface area contributed by atoms with Crippen LogP contribution in [0.2, 0.25) is 0 Å². The average molecular weight is 677 g/mol. The summed E-state index contributed by atoms with van der Waals surface area (Å²) in [4.78, 5) is 0. The first kappa shape index (κ1) is 33.5. The van der Waals surface area contributed by atoms with Crippen molar-refractivity contribution >= 4 is 27.4 Å². The van der Waals surface area contributed by atoms with Crippen LogP contribution in [0.25, 0.3) is 61.1 Å². The molecule has 0 amide bonds. The third kappa shape index (κ3) is 6.07. The summed E-state index contributed by atoms with van der Waals surface area (Å²) in [5.41, 5.74) is 16.1. The largest absolute Gasteiger partial charge is 0.309 e. The lowest BCUT2D eigenvalue weighted by atomic mass is 9.85. The molecule has 52 heavy (non-hydrogen) atoms. The van der Waals surface area contributed by atoms with Gasteiger partial charge in [-0.25, -0.2) is 0 Å². The van der Waals surface area contributed by atoms with E-state index >= 15 is 0 Å². The maximum atomic E-state index is 2.44. The number of benzene rings is 5. The molecule has 0 fully saturated rings. The second-order valence-electron chi connectivity index (χ2n) is 16.3. The third-order valence-corrected chi connectivity index (χ3v) is 10.6. The maximum absolute atomic E-state index is 2.44. The van der Waals surface area contributed by atoms with Gasteiger partial charge in [-0.15, -0.1) is 0 Å². The van der Waals surface area contributed by atoms with Crippen LogP contribution in [0.3, 0.4) is 0 Å². The van der Waals surface area contributed by atoms with Crippen molar-refractivity contribution in [1.82, 2.24) is 9.13 Å². The molecule has 0 spiro atoms. The van der Waals surface area contributed by atoms with Gasteiger partial charge in [0, 0.05) is 22.1 Å². The van der Waals surface area contributed by atoms with Crippen LogP contribution in [0.1, 0.15) is 70.3 Å². The van der Waals surface area contributed by atoms with Gasteiger partial charge in [-0.1, -0.05) is 133 Å². The highest BCUT2D eigenvalue weighted by atomic mass is 15.0. The number of rotatable bonds is 5. The van der Waals surface area contributed by atoms with Gasteiger partial charge in [0.2, 0.25) is 0 Å². The van der Waals surface area contributed by atoms with E-state index in [1.165, 1.54) is 77.8 Å². The van der Waals surface area contributed by atoms with Crippen LogP contribution in [-0.2, 0) is 10.8 Å². The minimum absolute atomic E-state index is 0.0714. The van der Waals surface area contributed by atoms with E-state index in [4.69, 9.17) is 0 Å². The van der Waals surface area contributed by atoms with Crippen molar-refractivity contribution in [3.63, 3.8) is 0 Å². The van der Waals surface area contributed by atoms with E-state index in [0.29, 0.717) is 0 Å². The van der Waals surface area contributed by atoms with Crippen molar-refractivity contribution in [2.45, 2.75) is 65.7 Å². The Morgan fingerprint density at radius 1 is 0.519 bits per heavy atom. The van der Waals surface area contributed by atoms with Crippen LogP contribution in [-0.4, -0.2) is 9.13 Å². The minimum Gasteiger partial charge on any atom is -0.309 e. The molecule has 2 nitrogen and oxygen atoms in total. The molecule has 2 heteroatoms. The second kappa shape index (κ2) is 12.9. The van der Waals surface area contributed by atoms with Gasteiger partial charge >= 0.3 is 0 Å². The van der Waals surface area contributed by atoms with Crippen molar-refractivity contribution in [3.05, 3.63) is 174 Å². The van der Waals surface area contributed by atoms with Crippen LogP contribution in [0, 0.1) is 6.92 Å². The van der Waals surface area contributed by atoms with Crippen molar-refractivity contribution in [2.75, 3.05) is 0 Å². The molecule has 1 aliphatic carbocycles. The summed E-state index contributed by atoms with van der Waals surface area (Å²) in [5, 5.41) is 2.62. The number of allylic oxidation sites excluding steroid dienone is 6. The molecular formula is C50H48N2. The molecule has 0 unspecified atom stereocenters. The molecule has 1 aliphatic rings. The van der Waals surface area contributed by atoms with Crippen molar-refractivity contribution < 1.29 is 0 Å². The standard InChI is InChI=1S/C50H48N2/c1-34-19-24-41(52-45(36-15-11-8-9-12-16-36)29-30-46(52)37-17-13-10-14-18-37)33-42(34)35-20-25-40(26-21-35)51-47-27-22-38(49(2,3)4)31-43(47)44-32-39(50(5,6)7)23-28-48(44)51/h8,10-33H,9H2,1-7H3. The lowest BCUT2D eigenvalue weighted by Crippen LogP contribution is -2.10. The van der Waals surface area contributed by atoms with E-state index in [1.54, 1.807) is 0 Å². The molecule has 8 rings (SSSR count). The van der Waals surface area contributed by atoms with Gasteiger partial charge in [0.1, 0.15) is 0 Å². The molecule has 0 saturated carbocycles. The zero-order chi connectivity index (χ0) is 36.2. The Hall–Kier alpha value is -5.60. The number of hydrogen-bond donors (Lipinski definition) is 0. The monoisotopic (exact) mass is 676 g/mol. The van der Waals surface area contributed by atoms with E-state index in [1.807, 2.05) is 0 Å². The molecule has 0 aliphatic heterocycles. The van der Waals surface area contributed by atoms with Gasteiger partial charge in [0.15, 0.2) is 0 Å². The van der Waals surface area contributed by atoms with Gasteiger partial charge in [-0.3, -0.25) is 0 Å². The van der Waals surface area contributed by atoms with Crippen LogP contribution in [0.15, 0.2) is 152 Å². The summed E-state index contributed by atoms with van der Waals surface area (Å²) in [7, 11) is 0. The van der Waals surface area contributed by atoms with Gasteiger partial charge in [-0.2, -0.15) is 0 Å². The molecule has 2 heterocycles. The molecule has 5 aromatic carbocycles. The van der Waals surface area contributed by atoms with Gasteiger partial charge in [0.25, 0.3) is 0 Å². The molecule has 0 atom stereocenters. The Bertz CT molecular complexity index is 2460. The lowest BCUT2D eigenvalue weighted by Gasteiger charge is -2.19. The molecule has 0 bridgehead atoms. The maximum Gasteiger partial charge on any atom is 0.0541 e. The van der Waals surface area contributed by atoms with E-state index in [2.05, 4.69) is 209 Å². The van der Waals surface area contributed by atoms with Crippen molar-refractivity contribution in [3.8, 4) is 33.8 Å². The van der Waals surface area contributed by atoms with Crippen molar-refractivity contribution in [1.29, 1.82) is 0 Å². The Balaban J connectivity index is 1.25. The highest BCUT2D eigenvalue weighted by Crippen LogP contribution is 2.39. The molecule has 0 N–H and O–H groups in total. The summed E-state index contributed by atoms with van der Waals surface area (Å²) in [6.07, 6.45) is 12.0. The first-order chi connectivity index (χ1) is 25.0. The van der Waals surface area contributed by atoms with Gasteiger partial charge in [0.05, 0.1) is 22.4 Å². The Labute approximate surface area is 309 Å². The Morgan fingerprint density at radius 2 is 1.13 bits per heavy atom. The predicted molar refractivity (Wildman–Crippen MR) is 224 cm³/mol. The van der Waals surface area contributed by atoms with Crippen LogP contribution < -0.4 is 0 Å². The number of aryl methyl sites for hydroxylation is 1. The second-order valence-corrected chi connectivity index (χ2v) is 16.3. The Kier molecular flexibility index (Phi) is 8.30. The minimum atomic E-state index is 0.0714. The number of nitrogens with zero attached hydrogens (tertiary/aromatic N) is 2. The predicted octanol–water partition coefficient (Wildman–Crippen LogP) is 13.7. The molecule has 7 aromatic rings. The van der Waals surface area contributed by atoms with Gasteiger partial charge < -0.3 is 9.13 Å². The molecule has 258 valence electrons. The zero-order valence-electron chi connectivity index (χ0n) is 31.5. The topological polar surface area (TPSA) is 9.86 Å². The molecule has 2 aromatic heterocycles. The number of hydrogen-bond acceptors (Lipinski definition) is 0. The molecule has 0 radical (unpaired) electrons. The van der Waals surface area contributed by atoms with Crippen LogP contribution >= 0.6 is 0 Å². The molecule has 0 saturated heterocycles. The fourth-order valence-electron chi connectivity index (χ4n) is 7.61. The fourth-order valence-corrected chi connectivity index (χ4v) is 7.61. The quantitative estimate of drug-likeness (QED) is 0.172. The first-order valence-electron chi connectivity index (χ1n) is 18.6. The third-order valence-electron chi connectivity index (χ3n) is 10.6. The first-order valence-corrected chi connectivity index (χ1v) is 18.6. The Morgan fingerprint density at radius 3 is 1.77 bits per heavy atom. The highest BCUT2D eigenvalue weighted by molar-refractivity contribution is 6.10. The summed E-state index contributed by atoms with van der Waals surface area (Å²) in [6, 6.07) is 45.4. The summed E-state index contributed by atoms with van der Waals surface area (Å²) < 4.78 is 4.86. The summed E-state index contributed by atoms with van der Waals surface area (Å²) in [6.45, 7) is 16.0. The van der Waals surface area contributed by atoms with Crippen molar-refractivity contribution in [2.24, 2.45) is 0 Å². The summed E-state index contributed by atoms with van der Waals surface area (Å²) in [5.74, 6) is 0. The molecular weight excluding hydrogens is 629 g/mol.